The molecule has 24 heavy (non-hydrogen) atoms. The Kier molecular flexibility index (Phi) is 4.57. The number of aromatic hydroxyl groups is 1. The Morgan fingerprint density at radius 1 is 1.29 bits per heavy atom. The van der Waals surface area contributed by atoms with Crippen LogP contribution in [0.25, 0.3) is 0 Å². The molecule has 0 atom stereocenters. The van der Waals surface area contributed by atoms with E-state index in [1.54, 1.807) is 24.4 Å². The van der Waals surface area contributed by atoms with Crippen LogP contribution >= 0.6 is 0 Å². The first kappa shape index (κ1) is 16.1. The van der Waals surface area contributed by atoms with Crippen molar-refractivity contribution in [2.45, 2.75) is 43.9 Å². The van der Waals surface area contributed by atoms with Gasteiger partial charge in [-0.05, 0) is 36.6 Å². The highest BCUT2D eigenvalue weighted by molar-refractivity contribution is 5.82. The van der Waals surface area contributed by atoms with Crippen LogP contribution in [-0.2, 0) is 16.6 Å². The number of nitriles is 1. The lowest BCUT2D eigenvalue weighted by molar-refractivity contribution is -0.119. The van der Waals surface area contributed by atoms with Crippen LogP contribution in [0, 0.1) is 11.3 Å². The van der Waals surface area contributed by atoms with Crippen LogP contribution in [0.4, 0.5) is 0 Å². The Bertz CT molecular complexity index is 789. The van der Waals surface area contributed by atoms with E-state index in [1.165, 1.54) is 0 Å². The van der Waals surface area contributed by atoms with Crippen LogP contribution in [0.2, 0.25) is 0 Å². The minimum atomic E-state index is -0.289. The molecule has 0 saturated heterocycles. The van der Waals surface area contributed by atoms with Crippen molar-refractivity contribution in [1.82, 2.24) is 9.97 Å². The van der Waals surface area contributed by atoms with Gasteiger partial charge in [0.15, 0.2) is 0 Å². The molecular formula is C19H19N3O2. The predicted octanol–water partition coefficient (Wildman–Crippen LogP) is 3.07. The first-order valence-electron chi connectivity index (χ1n) is 8.15. The molecule has 1 fully saturated rings. The van der Waals surface area contributed by atoms with E-state index >= 15 is 0 Å². The Balaban J connectivity index is 1.81. The highest BCUT2D eigenvalue weighted by Gasteiger charge is 2.39. The fraction of sp³-hybridized carbons (Fsp3) is 0.368. The lowest BCUT2D eigenvalue weighted by atomic mass is 9.77. The molecule has 0 spiro atoms. The molecule has 2 aromatic rings. The second kappa shape index (κ2) is 6.79. The normalized spacial score (nSPS) is 15.8. The van der Waals surface area contributed by atoms with Crippen LogP contribution in [0.5, 0.6) is 5.75 Å². The number of hydrogen-bond acceptors (Lipinski definition) is 5. The van der Waals surface area contributed by atoms with Crippen molar-refractivity contribution < 1.29 is 9.90 Å². The van der Waals surface area contributed by atoms with Crippen LogP contribution in [0.1, 0.15) is 49.2 Å². The van der Waals surface area contributed by atoms with E-state index in [0.29, 0.717) is 12.8 Å². The van der Waals surface area contributed by atoms with Crippen LogP contribution in [-0.4, -0.2) is 20.9 Å². The summed E-state index contributed by atoms with van der Waals surface area (Å²) in [6, 6.07) is 10.6. The summed E-state index contributed by atoms with van der Waals surface area (Å²) in [5.74, 6) is 0.448. The van der Waals surface area contributed by atoms with E-state index in [9.17, 15) is 9.90 Å². The van der Waals surface area contributed by atoms with Gasteiger partial charge in [0.05, 0.1) is 5.69 Å². The van der Waals surface area contributed by atoms with Crippen LogP contribution < -0.4 is 0 Å². The molecule has 1 heterocycles. The highest BCUT2D eigenvalue weighted by atomic mass is 16.3. The maximum Gasteiger partial charge on any atom is 0.232 e. The van der Waals surface area contributed by atoms with E-state index in [4.69, 9.17) is 5.26 Å². The maximum absolute atomic E-state index is 12.6. The van der Waals surface area contributed by atoms with Crippen molar-refractivity contribution in [3.05, 3.63) is 53.6 Å². The first-order valence-corrected chi connectivity index (χ1v) is 8.15. The zero-order chi connectivity index (χ0) is 17.0. The molecule has 5 nitrogen and oxygen atoms in total. The molecule has 0 bridgehead atoms. The summed E-state index contributed by atoms with van der Waals surface area (Å²) in [5, 5.41) is 18.6. The van der Waals surface area contributed by atoms with Gasteiger partial charge in [-0.25, -0.2) is 9.97 Å². The molecule has 1 aliphatic rings. The quantitative estimate of drug-likeness (QED) is 0.914. The molecule has 5 heteroatoms. The number of hydrogen-bond donors (Lipinski definition) is 1. The molecule has 3 rings (SSSR count). The summed E-state index contributed by atoms with van der Waals surface area (Å²) in [7, 11) is 0. The standard InChI is InChI=1S/C19H19N3O2/c20-13-18-21-9-6-17(22-18)19(7-1-2-8-19)12-16(24)11-14-4-3-5-15(23)10-14/h3-6,9-10,23H,1-2,7-8,11-12H2. The van der Waals surface area contributed by atoms with Gasteiger partial charge in [-0.15, -0.1) is 0 Å². The number of nitrogens with zero attached hydrogens (tertiary/aromatic N) is 3. The molecule has 0 aliphatic heterocycles. The smallest absolute Gasteiger partial charge is 0.232 e. The molecule has 0 radical (unpaired) electrons. The topological polar surface area (TPSA) is 86.9 Å². The zero-order valence-electron chi connectivity index (χ0n) is 13.4. The van der Waals surface area contributed by atoms with E-state index < -0.39 is 0 Å². The van der Waals surface area contributed by atoms with Gasteiger partial charge in [-0.1, -0.05) is 25.0 Å². The summed E-state index contributed by atoms with van der Waals surface area (Å²) in [4.78, 5) is 20.9. The van der Waals surface area contributed by atoms with Crippen molar-refractivity contribution in [3.8, 4) is 11.8 Å². The van der Waals surface area contributed by atoms with E-state index in [2.05, 4.69) is 9.97 Å². The Morgan fingerprint density at radius 2 is 2.08 bits per heavy atom. The Labute approximate surface area is 141 Å². The SMILES string of the molecule is N#Cc1nccc(C2(CC(=O)Cc3cccc(O)c3)CCCC2)n1. The number of rotatable bonds is 5. The Morgan fingerprint density at radius 3 is 2.79 bits per heavy atom. The first-order chi connectivity index (χ1) is 11.6. The number of phenolic OH excluding ortho intramolecular Hbond substituents is 1. The predicted molar refractivity (Wildman–Crippen MR) is 88.3 cm³/mol. The fourth-order valence-corrected chi connectivity index (χ4v) is 3.62. The number of phenols is 1. The lowest BCUT2D eigenvalue weighted by Gasteiger charge is -2.27. The molecule has 1 N–H and O–H groups in total. The van der Waals surface area contributed by atoms with Crippen LogP contribution in [0.15, 0.2) is 36.5 Å². The number of ketones is 1. The van der Waals surface area contributed by atoms with Crippen LogP contribution in [0.3, 0.4) is 0 Å². The third kappa shape index (κ3) is 3.43. The van der Waals surface area contributed by atoms with E-state index in [1.807, 2.05) is 18.2 Å². The molecular weight excluding hydrogens is 302 g/mol. The fourth-order valence-electron chi connectivity index (χ4n) is 3.62. The van der Waals surface area contributed by atoms with Crippen molar-refractivity contribution >= 4 is 5.78 Å². The monoisotopic (exact) mass is 321 g/mol. The molecule has 1 aromatic heterocycles. The van der Waals surface area contributed by atoms with Gasteiger partial charge >= 0.3 is 0 Å². The summed E-state index contributed by atoms with van der Waals surface area (Å²) in [5.41, 5.74) is 1.33. The third-order valence-electron chi connectivity index (χ3n) is 4.71. The lowest BCUT2D eigenvalue weighted by Crippen LogP contribution is -2.28. The molecule has 0 unspecified atom stereocenters. The third-order valence-corrected chi connectivity index (χ3v) is 4.71. The summed E-state index contributed by atoms with van der Waals surface area (Å²) >= 11 is 0. The number of carbonyl (C=O) groups excluding carboxylic acids is 1. The molecule has 1 aliphatic carbocycles. The van der Waals surface area contributed by atoms with Crippen molar-refractivity contribution in [2.24, 2.45) is 0 Å². The molecule has 122 valence electrons. The number of carbonyl (C=O) groups is 1. The van der Waals surface area contributed by atoms with Gasteiger partial charge < -0.3 is 5.11 Å². The summed E-state index contributed by atoms with van der Waals surface area (Å²) in [6.07, 6.45) is 6.23. The Hall–Kier alpha value is -2.74. The number of aromatic nitrogens is 2. The molecule has 0 amide bonds. The number of Topliss-reactive ketones (excluding diaryl/α,β-unsaturated/α-hetero) is 1. The van der Waals surface area contributed by atoms with Gasteiger partial charge in [0.25, 0.3) is 0 Å². The second-order valence-corrected chi connectivity index (χ2v) is 6.43. The maximum atomic E-state index is 12.6. The van der Waals surface area contributed by atoms with Gasteiger partial charge in [-0.2, -0.15) is 5.26 Å². The number of benzene rings is 1. The van der Waals surface area contributed by atoms with E-state index in [-0.39, 0.29) is 22.8 Å². The van der Waals surface area contributed by atoms with Gasteiger partial charge in [-0.3, -0.25) is 4.79 Å². The minimum Gasteiger partial charge on any atom is -0.508 e. The van der Waals surface area contributed by atoms with Crippen molar-refractivity contribution in [1.29, 1.82) is 5.26 Å². The summed E-state index contributed by atoms with van der Waals surface area (Å²) < 4.78 is 0. The van der Waals surface area contributed by atoms with Gasteiger partial charge in [0.2, 0.25) is 5.82 Å². The van der Waals surface area contributed by atoms with Crippen molar-refractivity contribution in [2.75, 3.05) is 0 Å². The van der Waals surface area contributed by atoms with E-state index in [0.717, 1.165) is 36.9 Å². The largest absolute Gasteiger partial charge is 0.508 e. The average Bonchev–Trinajstić information content (AvgIpc) is 3.04. The highest BCUT2D eigenvalue weighted by Crippen LogP contribution is 2.43. The molecule has 1 aromatic carbocycles. The average molecular weight is 321 g/mol. The van der Waals surface area contributed by atoms with Gasteiger partial charge in [0, 0.05) is 24.5 Å². The molecule has 1 saturated carbocycles. The van der Waals surface area contributed by atoms with Crippen molar-refractivity contribution in [3.63, 3.8) is 0 Å². The second-order valence-electron chi connectivity index (χ2n) is 6.43. The minimum absolute atomic E-state index is 0.125. The van der Waals surface area contributed by atoms with Gasteiger partial charge in [0.1, 0.15) is 17.6 Å². The summed E-state index contributed by atoms with van der Waals surface area (Å²) in [6.45, 7) is 0. The zero-order valence-corrected chi connectivity index (χ0v) is 13.4.